The molecule has 0 fully saturated rings. The number of aromatic amines is 1. The summed E-state index contributed by atoms with van der Waals surface area (Å²) in [6.07, 6.45) is 4.81. The standard InChI is InChI=1S/C18H26N2O4/c1-12(2)11-20(9-8-16(21)22)18(24)14-10-13-6-4-3-5-7-15(13)19-17(14)23/h10,12H,3-9,11H2,1-2H3,(H,19,23)(H,21,22). The molecule has 2 rings (SSSR count). The Morgan fingerprint density at radius 1 is 1.25 bits per heavy atom. The second-order valence-corrected chi connectivity index (χ2v) is 6.87. The zero-order valence-corrected chi connectivity index (χ0v) is 14.4. The molecule has 0 saturated heterocycles. The molecular formula is C18H26N2O4. The van der Waals surface area contributed by atoms with Crippen LogP contribution in [-0.4, -0.2) is 40.0 Å². The maximum absolute atomic E-state index is 12.8. The number of pyridine rings is 1. The lowest BCUT2D eigenvalue weighted by molar-refractivity contribution is -0.137. The maximum atomic E-state index is 12.8. The third kappa shape index (κ3) is 4.69. The average Bonchev–Trinajstić information content (AvgIpc) is 2.74. The van der Waals surface area contributed by atoms with Crippen molar-refractivity contribution in [1.82, 2.24) is 9.88 Å². The van der Waals surface area contributed by atoms with Gasteiger partial charge in [-0.2, -0.15) is 0 Å². The van der Waals surface area contributed by atoms with Crippen molar-refractivity contribution in [2.24, 2.45) is 5.92 Å². The smallest absolute Gasteiger partial charge is 0.305 e. The Bertz CT molecular complexity index is 663. The van der Waals surface area contributed by atoms with E-state index >= 15 is 0 Å². The molecule has 1 amide bonds. The van der Waals surface area contributed by atoms with Gasteiger partial charge in [-0.15, -0.1) is 0 Å². The van der Waals surface area contributed by atoms with E-state index in [1.54, 1.807) is 6.07 Å². The molecule has 0 spiro atoms. The minimum atomic E-state index is -0.951. The number of rotatable bonds is 6. The highest BCUT2D eigenvalue weighted by molar-refractivity contribution is 5.94. The maximum Gasteiger partial charge on any atom is 0.305 e. The quantitative estimate of drug-likeness (QED) is 0.781. The lowest BCUT2D eigenvalue weighted by Gasteiger charge is -2.24. The number of hydrogen-bond acceptors (Lipinski definition) is 3. The molecule has 6 heteroatoms. The Hall–Kier alpha value is -2.11. The van der Waals surface area contributed by atoms with E-state index in [-0.39, 0.29) is 35.9 Å². The molecule has 0 saturated carbocycles. The molecule has 0 bridgehead atoms. The van der Waals surface area contributed by atoms with Crippen LogP contribution in [0, 0.1) is 5.92 Å². The number of aromatic nitrogens is 1. The number of H-pyrrole nitrogens is 1. The summed E-state index contributed by atoms with van der Waals surface area (Å²) in [5.41, 5.74) is 1.74. The fourth-order valence-electron chi connectivity index (χ4n) is 3.13. The van der Waals surface area contributed by atoms with E-state index in [2.05, 4.69) is 4.98 Å². The van der Waals surface area contributed by atoms with Crippen LogP contribution in [0.15, 0.2) is 10.9 Å². The number of carboxylic acids is 1. The van der Waals surface area contributed by atoms with E-state index in [0.29, 0.717) is 6.54 Å². The Kier molecular flexibility index (Phi) is 6.17. The Morgan fingerprint density at radius 3 is 2.62 bits per heavy atom. The topological polar surface area (TPSA) is 90.5 Å². The van der Waals surface area contributed by atoms with Gasteiger partial charge < -0.3 is 15.0 Å². The number of aliphatic carboxylic acids is 1. The zero-order valence-electron chi connectivity index (χ0n) is 14.4. The number of carboxylic acid groups (broad SMARTS) is 1. The van der Waals surface area contributed by atoms with Crippen LogP contribution in [0.25, 0.3) is 0 Å². The van der Waals surface area contributed by atoms with Gasteiger partial charge in [0.2, 0.25) is 0 Å². The molecule has 1 aromatic heterocycles. The van der Waals surface area contributed by atoms with Gasteiger partial charge in [-0.05, 0) is 43.2 Å². The summed E-state index contributed by atoms with van der Waals surface area (Å²) in [5.74, 6) is -1.13. The highest BCUT2D eigenvalue weighted by atomic mass is 16.4. The van der Waals surface area contributed by atoms with Crippen molar-refractivity contribution in [2.75, 3.05) is 13.1 Å². The van der Waals surface area contributed by atoms with Crippen molar-refractivity contribution in [3.8, 4) is 0 Å². The summed E-state index contributed by atoms with van der Waals surface area (Å²) in [6.45, 7) is 4.47. The highest BCUT2D eigenvalue weighted by Gasteiger charge is 2.22. The van der Waals surface area contributed by atoms with Crippen molar-refractivity contribution < 1.29 is 14.7 Å². The Labute approximate surface area is 141 Å². The van der Waals surface area contributed by atoms with Crippen LogP contribution in [0.5, 0.6) is 0 Å². The molecule has 0 radical (unpaired) electrons. The van der Waals surface area contributed by atoms with Crippen molar-refractivity contribution in [1.29, 1.82) is 0 Å². The van der Waals surface area contributed by atoms with Crippen molar-refractivity contribution in [3.63, 3.8) is 0 Å². The third-order valence-corrected chi connectivity index (χ3v) is 4.29. The number of nitrogens with zero attached hydrogens (tertiary/aromatic N) is 1. The molecule has 1 aliphatic rings. The summed E-state index contributed by atoms with van der Waals surface area (Å²) in [4.78, 5) is 40.3. The van der Waals surface area contributed by atoms with Gasteiger partial charge in [0.05, 0.1) is 6.42 Å². The molecule has 1 aliphatic carbocycles. The lowest BCUT2D eigenvalue weighted by atomic mass is 10.0. The first-order valence-corrected chi connectivity index (χ1v) is 8.64. The van der Waals surface area contributed by atoms with Crippen LogP contribution >= 0.6 is 0 Å². The summed E-state index contributed by atoms with van der Waals surface area (Å²) in [7, 11) is 0. The predicted octanol–water partition coefficient (Wildman–Crippen LogP) is 2.22. The molecule has 1 heterocycles. The molecule has 132 valence electrons. The van der Waals surface area contributed by atoms with Gasteiger partial charge in [-0.3, -0.25) is 14.4 Å². The monoisotopic (exact) mass is 334 g/mol. The first-order chi connectivity index (χ1) is 11.4. The fraction of sp³-hybridized carbons (Fsp3) is 0.611. The molecule has 0 aromatic carbocycles. The number of amides is 1. The minimum absolute atomic E-state index is 0.114. The van der Waals surface area contributed by atoms with Crippen LogP contribution < -0.4 is 5.56 Å². The second kappa shape index (κ2) is 8.13. The SMILES string of the molecule is CC(C)CN(CCC(=O)O)C(=O)c1cc2c([nH]c1=O)CCCCC2. The van der Waals surface area contributed by atoms with Crippen molar-refractivity contribution >= 4 is 11.9 Å². The highest BCUT2D eigenvalue weighted by Crippen LogP contribution is 2.19. The summed E-state index contributed by atoms with van der Waals surface area (Å²) in [6, 6.07) is 1.72. The van der Waals surface area contributed by atoms with Crippen molar-refractivity contribution in [3.05, 3.63) is 33.2 Å². The van der Waals surface area contributed by atoms with E-state index in [9.17, 15) is 14.4 Å². The molecule has 1 aromatic rings. The first-order valence-electron chi connectivity index (χ1n) is 8.64. The first kappa shape index (κ1) is 18.2. The molecular weight excluding hydrogens is 308 g/mol. The number of aryl methyl sites for hydroxylation is 2. The Morgan fingerprint density at radius 2 is 1.96 bits per heavy atom. The van der Waals surface area contributed by atoms with E-state index in [4.69, 9.17) is 5.11 Å². The summed E-state index contributed by atoms with van der Waals surface area (Å²) < 4.78 is 0. The number of hydrogen-bond donors (Lipinski definition) is 2. The molecule has 2 N–H and O–H groups in total. The number of nitrogens with one attached hydrogen (secondary N) is 1. The van der Waals surface area contributed by atoms with Crippen LogP contribution in [0.4, 0.5) is 0 Å². The Balaban J connectivity index is 2.29. The van der Waals surface area contributed by atoms with E-state index in [1.165, 1.54) is 4.90 Å². The van der Waals surface area contributed by atoms with Gasteiger partial charge in [0.1, 0.15) is 5.56 Å². The van der Waals surface area contributed by atoms with Gasteiger partial charge in [0.15, 0.2) is 0 Å². The van der Waals surface area contributed by atoms with Crippen molar-refractivity contribution in [2.45, 2.75) is 52.4 Å². The largest absolute Gasteiger partial charge is 0.481 e. The van der Waals surface area contributed by atoms with E-state index in [0.717, 1.165) is 43.4 Å². The summed E-state index contributed by atoms with van der Waals surface area (Å²) in [5, 5.41) is 8.89. The number of carbonyl (C=O) groups excluding carboxylic acids is 1. The van der Waals surface area contributed by atoms with Crippen LogP contribution in [0.3, 0.4) is 0 Å². The van der Waals surface area contributed by atoms with Crippen LogP contribution in [0.1, 0.15) is 61.1 Å². The van der Waals surface area contributed by atoms with Crippen LogP contribution in [-0.2, 0) is 17.6 Å². The normalized spacial score (nSPS) is 14.1. The van der Waals surface area contributed by atoms with E-state index in [1.807, 2.05) is 13.8 Å². The van der Waals surface area contributed by atoms with E-state index < -0.39 is 5.97 Å². The number of carbonyl (C=O) groups is 2. The lowest BCUT2D eigenvalue weighted by Crippen LogP contribution is -2.39. The predicted molar refractivity (Wildman–Crippen MR) is 91.3 cm³/mol. The second-order valence-electron chi connectivity index (χ2n) is 6.87. The molecule has 0 atom stereocenters. The van der Waals surface area contributed by atoms with Gasteiger partial charge in [0, 0.05) is 18.8 Å². The minimum Gasteiger partial charge on any atom is -0.481 e. The molecule has 0 unspecified atom stereocenters. The summed E-state index contributed by atoms with van der Waals surface area (Å²) >= 11 is 0. The van der Waals surface area contributed by atoms with Gasteiger partial charge in [0.25, 0.3) is 11.5 Å². The molecule has 24 heavy (non-hydrogen) atoms. The molecule has 6 nitrogen and oxygen atoms in total. The van der Waals surface area contributed by atoms with Crippen LogP contribution in [0.2, 0.25) is 0 Å². The van der Waals surface area contributed by atoms with Gasteiger partial charge >= 0.3 is 5.97 Å². The molecule has 0 aliphatic heterocycles. The van der Waals surface area contributed by atoms with Gasteiger partial charge in [-0.25, -0.2) is 0 Å². The fourth-order valence-corrected chi connectivity index (χ4v) is 3.13. The third-order valence-electron chi connectivity index (χ3n) is 4.29. The van der Waals surface area contributed by atoms with Gasteiger partial charge in [-0.1, -0.05) is 20.3 Å². The zero-order chi connectivity index (χ0) is 17.7. The number of fused-ring (bicyclic) bond motifs is 1. The average molecular weight is 334 g/mol.